The zero-order valence-corrected chi connectivity index (χ0v) is 14.1. The topological polar surface area (TPSA) is 108 Å². The van der Waals surface area contributed by atoms with Gasteiger partial charge < -0.3 is 15.2 Å². The molecule has 0 radical (unpaired) electrons. The predicted octanol–water partition coefficient (Wildman–Crippen LogP) is 2.88. The van der Waals surface area contributed by atoms with Gasteiger partial charge in [0, 0.05) is 5.57 Å². The highest BCUT2D eigenvalue weighted by molar-refractivity contribution is 5.86. The Morgan fingerprint density at radius 2 is 1.70 bits per heavy atom. The van der Waals surface area contributed by atoms with Gasteiger partial charge in [0.15, 0.2) is 0 Å². The molecule has 0 aliphatic rings. The summed E-state index contributed by atoms with van der Waals surface area (Å²) in [5, 5.41) is 0. The molecule has 0 rings (SSSR count). The number of nitrogens with zero attached hydrogens (tertiary/aromatic N) is 1. The number of isocyanates is 1. The molecule has 0 aliphatic carbocycles. The van der Waals surface area contributed by atoms with Crippen molar-refractivity contribution in [1.82, 2.24) is 0 Å². The molecule has 0 spiro atoms. The Morgan fingerprint density at radius 1 is 1.09 bits per heavy atom. The number of hydrogen-bond acceptors (Lipinski definition) is 6. The van der Waals surface area contributed by atoms with Crippen molar-refractivity contribution >= 4 is 18.1 Å². The largest absolute Gasteiger partial charge is 0.460 e. The zero-order chi connectivity index (χ0) is 17.9. The molecule has 0 fully saturated rings. The average molecular weight is 328 g/mol. The summed E-state index contributed by atoms with van der Waals surface area (Å²) < 4.78 is 9.18. The molecule has 132 valence electrons. The van der Waals surface area contributed by atoms with E-state index in [1.165, 1.54) is 31.8 Å². The molecule has 0 saturated carbocycles. The molecule has 7 heteroatoms. The van der Waals surface area contributed by atoms with Crippen LogP contribution in [0.25, 0.3) is 0 Å². The first-order valence-electron chi connectivity index (χ1n) is 7.74. The van der Waals surface area contributed by atoms with Gasteiger partial charge in [0.1, 0.15) is 6.61 Å². The number of primary amides is 1. The molecule has 0 aromatic heterocycles. The Labute approximate surface area is 137 Å². The SMILES string of the molecule is C=C(C)C(=O)OCCN=C=O.CCCCCCCCOC(N)=O. The van der Waals surface area contributed by atoms with Gasteiger partial charge in [-0.3, -0.25) is 0 Å². The van der Waals surface area contributed by atoms with Crippen LogP contribution in [0.15, 0.2) is 17.1 Å². The predicted molar refractivity (Wildman–Crippen MR) is 87.7 cm³/mol. The molecule has 0 saturated heterocycles. The van der Waals surface area contributed by atoms with Crippen LogP contribution in [0.1, 0.15) is 52.4 Å². The highest BCUT2D eigenvalue weighted by Gasteiger charge is 2.00. The second kappa shape index (κ2) is 17.9. The standard InChI is InChI=1S/C9H19NO2.C7H9NO3/c1-2-3-4-5-6-7-8-12-9(10)11;1-6(2)7(10)11-4-3-8-5-9/h2-8H2,1H3,(H2,10,11);1,3-4H2,2H3. The molecule has 23 heavy (non-hydrogen) atoms. The number of amides is 1. The van der Waals surface area contributed by atoms with Gasteiger partial charge in [0.25, 0.3) is 0 Å². The van der Waals surface area contributed by atoms with E-state index in [9.17, 15) is 14.4 Å². The maximum absolute atomic E-state index is 10.6. The summed E-state index contributed by atoms with van der Waals surface area (Å²) in [6.45, 7) is 7.84. The van der Waals surface area contributed by atoms with E-state index in [-0.39, 0.29) is 13.2 Å². The van der Waals surface area contributed by atoms with Crippen LogP contribution in [-0.2, 0) is 19.1 Å². The van der Waals surface area contributed by atoms with Gasteiger partial charge in [-0.1, -0.05) is 45.6 Å². The van der Waals surface area contributed by atoms with Gasteiger partial charge in [-0.15, -0.1) is 0 Å². The number of rotatable bonds is 11. The lowest BCUT2D eigenvalue weighted by molar-refractivity contribution is -0.138. The number of carbonyl (C=O) groups is 2. The van der Waals surface area contributed by atoms with E-state index in [0.717, 1.165) is 12.8 Å². The minimum atomic E-state index is -0.663. The molecular weight excluding hydrogens is 300 g/mol. The fourth-order valence-electron chi connectivity index (χ4n) is 1.41. The van der Waals surface area contributed by atoms with Crippen molar-refractivity contribution < 1.29 is 23.9 Å². The van der Waals surface area contributed by atoms with E-state index in [2.05, 4.69) is 28.0 Å². The fraction of sp³-hybridized carbons (Fsp3) is 0.688. The van der Waals surface area contributed by atoms with E-state index in [1.54, 1.807) is 6.92 Å². The first-order valence-corrected chi connectivity index (χ1v) is 7.74. The molecule has 0 heterocycles. The lowest BCUT2D eigenvalue weighted by atomic mass is 10.1. The van der Waals surface area contributed by atoms with Gasteiger partial charge in [0.2, 0.25) is 6.08 Å². The second-order valence-corrected chi connectivity index (χ2v) is 4.82. The van der Waals surface area contributed by atoms with Gasteiger partial charge in [-0.2, -0.15) is 0 Å². The molecule has 2 N–H and O–H groups in total. The molecule has 0 unspecified atom stereocenters. The van der Waals surface area contributed by atoms with Crippen LogP contribution in [0.2, 0.25) is 0 Å². The molecule has 7 nitrogen and oxygen atoms in total. The first kappa shape index (κ1) is 23.1. The van der Waals surface area contributed by atoms with E-state index < -0.39 is 12.1 Å². The lowest BCUT2D eigenvalue weighted by Crippen LogP contribution is -2.13. The molecule has 0 aromatic rings. The van der Waals surface area contributed by atoms with Crippen molar-refractivity contribution in [2.45, 2.75) is 52.4 Å². The smallest absolute Gasteiger partial charge is 0.404 e. The summed E-state index contributed by atoms with van der Waals surface area (Å²) in [4.78, 5) is 33.5. The number of unbranched alkanes of at least 4 members (excludes halogenated alkanes) is 5. The van der Waals surface area contributed by atoms with Crippen LogP contribution in [0.3, 0.4) is 0 Å². The molecule has 0 aliphatic heterocycles. The Bertz CT molecular complexity index is 390. The highest BCUT2D eigenvalue weighted by atomic mass is 16.5. The van der Waals surface area contributed by atoms with Crippen LogP contribution in [0.5, 0.6) is 0 Å². The van der Waals surface area contributed by atoms with Gasteiger partial charge in [-0.25, -0.2) is 19.4 Å². The summed E-state index contributed by atoms with van der Waals surface area (Å²) in [6.07, 6.45) is 7.82. The number of esters is 1. The maximum atomic E-state index is 10.6. The molecular formula is C16H28N2O5. The minimum absolute atomic E-state index is 0.0981. The Balaban J connectivity index is 0. The van der Waals surface area contributed by atoms with Crippen LogP contribution in [0, 0.1) is 0 Å². The average Bonchev–Trinajstić information content (AvgIpc) is 2.50. The van der Waals surface area contributed by atoms with Gasteiger partial charge >= 0.3 is 12.1 Å². The summed E-state index contributed by atoms with van der Waals surface area (Å²) in [6, 6.07) is 0. The third kappa shape index (κ3) is 22.3. The number of carbonyl (C=O) groups excluding carboxylic acids is 3. The summed E-state index contributed by atoms with van der Waals surface area (Å²) >= 11 is 0. The maximum Gasteiger partial charge on any atom is 0.404 e. The third-order valence-corrected chi connectivity index (χ3v) is 2.59. The number of aliphatic imine (C=N–C) groups is 1. The first-order chi connectivity index (χ1) is 11.0. The van der Waals surface area contributed by atoms with Crippen molar-refractivity contribution in [2.75, 3.05) is 19.8 Å². The van der Waals surface area contributed by atoms with Crippen molar-refractivity contribution in [3.63, 3.8) is 0 Å². The van der Waals surface area contributed by atoms with Gasteiger partial charge in [0.05, 0.1) is 13.2 Å². The highest BCUT2D eigenvalue weighted by Crippen LogP contribution is 2.04. The van der Waals surface area contributed by atoms with Crippen molar-refractivity contribution in [1.29, 1.82) is 0 Å². The van der Waals surface area contributed by atoms with Gasteiger partial charge in [-0.05, 0) is 13.3 Å². The van der Waals surface area contributed by atoms with E-state index in [1.807, 2.05) is 0 Å². The number of nitrogens with two attached hydrogens (primary N) is 1. The van der Waals surface area contributed by atoms with Crippen molar-refractivity contribution in [2.24, 2.45) is 10.7 Å². The lowest BCUT2D eigenvalue weighted by Gasteiger charge is -2.00. The monoisotopic (exact) mass is 328 g/mol. The van der Waals surface area contributed by atoms with Crippen molar-refractivity contribution in [3.8, 4) is 0 Å². The summed E-state index contributed by atoms with van der Waals surface area (Å²) in [5.74, 6) is -0.467. The molecule has 0 atom stereocenters. The molecule has 0 aromatic carbocycles. The Hall–Kier alpha value is -2.14. The second-order valence-electron chi connectivity index (χ2n) is 4.82. The Morgan fingerprint density at radius 3 is 2.22 bits per heavy atom. The van der Waals surface area contributed by atoms with Crippen LogP contribution in [-0.4, -0.2) is 37.9 Å². The van der Waals surface area contributed by atoms with Crippen LogP contribution >= 0.6 is 0 Å². The van der Waals surface area contributed by atoms with E-state index in [4.69, 9.17) is 5.73 Å². The van der Waals surface area contributed by atoms with Crippen molar-refractivity contribution in [3.05, 3.63) is 12.2 Å². The Kier molecular flexibility index (Phi) is 18.0. The fourth-order valence-corrected chi connectivity index (χ4v) is 1.41. The molecule has 0 bridgehead atoms. The minimum Gasteiger partial charge on any atom is -0.460 e. The summed E-state index contributed by atoms with van der Waals surface area (Å²) in [7, 11) is 0. The van der Waals surface area contributed by atoms with E-state index >= 15 is 0 Å². The van der Waals surface area contributed by atoms with E-state index in [0.29, 0.717) is 12.2 Å². The molecule has 1 amide bonds. The van der Waals surface area contributed by atoms with Crippen LogP contribution in [0.4, 0.5) is 4.79 Å². The number of hydrogen-bond donors (Lipinski definition) is 1. The summed E-state index contributed by atoms with van der Waals surface area (Å²) in [5.41, 5.74) is 5.13. The number of ether oxygens (including phenoxy) is 2. The quantitative estimate of drug-likeness (QED) is 0.206. The zero-order valence-electron chi connectivity index (χ0n) is 14.1. The normalized spacial score (nSPS) is 8.96. The third-order valence-electron chi connectivity index (χ3n) is 2.59. The van der Waals surface area contributed by atoms with Crippen LogP contribution < -0.4 is 5.73 Å².